The van der Waals surface area contributed by atoms with E-state index in [1.165, 1.54) is 0 Å². The number of benzene rings is 1. The molecule has 1 N–H and O–H groups in total. The van der Waals surface area contributed by atoms with E-state index in [1.54, 1.807) is 12.3 Å². The summed E-state index contributed by atoms with van der Waals surface area (Å²) in [7, 11) is 0. The van der Waals surface area contributed by atoms with Crippen LogP contribution in [0.1, 0.15) is 34.9 Å². The van der Waals surface area contributed by atoms with Crippen LogP contribution >= 0.6 is 11.6 Å². The maximum Gasteiger partial charge on any atom is 0.272 e. The van der Waals surface area contributed by atoms with Crippen LogP contribution in [0.3, 0.4) is 0 Å². The first kappa shape index (κ1) is 12.2. The van der Waals surface area contributed by atoms with Crippen LogP contribution in [-0.2, 0) is 0 Å². The number of H-pyrrole nitrogens is 1. The van der Waals surface area contributed by atoms with Crippen LogP contribution in [0.5, 0.6) is 0 Å². The molecule has 1 atom stereocenters. The molecule has 0 bridgehead atoms. The summed E-state index contributed by atoms with van der Waals surface area (Å²) in [5.41, 5.74) is 1.55. The molecule has 1 saturated heterocycles. The topological polar surface area (TPSA) is 49.0 Å². The van der Waals surface area contributed by atoms with Crippen molar-refractivity contribution in [2.45, 2.75) is 18.9 Å². The van der Waals surface area contributed by atoms with Crippen molar-refractivity contribution in [1.29, 1.82) is 0 Å². The molecule has 2 aromatic rings. The summed E-state index contributed by atoms with van der Waals surface area (Å²) in [5.74, 6) is -0.0140. The van der Waals surface area contributed by atoms with Gasteiger partial charge in [-0.2, -0.15) is 5.10 Å². The number of nitrogens with one attached hydrogen (secondary N) is 1. The number of aromatic amines is 1. The molecule has 1 fully saturated rings. The second-order valence-electron chi connectivity index (χ2n) is 4.65. The second kappa shape index (κ2) is 5.05. The molecule has 2 heterocycles. The zero-order chi connectivity index (χ0) is 13.2. The third-order valence-corrected chi connectivity index (χ3v) is 3.85. The first-order chi connectivity index (χ1) is 9.27. The van der Waals surface area contributed by atoms with Gasteiger partial charge < -0.3 is 4.90 Å². The van der Waals surface area contributed by atoms with Gasteiger partial charge in [0, 0.05) is 17.8 Å². The number of likely N-dealkylation sites (tertiary alicyclic amines) is 1. The summed E-state index contributed by atoms with van der Waals surface area (Å²) in [6.07, 6.45) is 3.53. The third kappa shape index (κ3) is 2.24. The molecule has 1 aromatic heterocycles. The minimum absolute atomic E-state index is 0.0140. The van der Waals surface area contributed by atoms with Crippen LogP contribution in [0.2, 0.25) is 5.02 Å². The number of carbonyl (C=O) groups excluding carboxylic acids is 1. The Morgan fingerprint density at radius 1 is 1.37 bits per heavy atom. The highest BCUT2D eigenvalue weighted by molar-refractivity contribution is 6.31. The van der Waals surface area contributed by atoms with Gasteiger partial charge in [-0.1, -0.05) is 29.8 Å². The smallest absolute Gasteiger partial charge is 0.272 e. The number of carbonyl (C=O) groups is 1. The first-order valence-corrected chi connectivity index (χ1v) is 6.70. The Bertz CT molecular complexity index is 582. The summed E-state index contributed by atoms with van der Waals surface area (Å²) in [5, 5.41) is 7.28. The molecule has 0 radical (unpaired) electrons. The highest BCUT2D eigenvalue weighted by atomic mass is 35.5. The summed E-state index contributed by atoms with van der Waals surface area (Å²) >= 11 is 6.24. The average Bonchev–Trinajstić information content (AvgIpc) is 3.10. The van der Waals surface area contributed by atoms with E-state index < -0.39 is 0 Å². The number of aromatic nitrogens is 2. The quantitative estimate of drug-likeness (QED) is 0.916. The Morgan fingerprint density at radius 3 is 2.95 bits per heavy atom. The molecule has 1 aromatic carbocycles. The molecule has 0 saturated carbocycles. The maximum atomic E-state index is 12.4. The van der Waals surface area contributed by atoms with E-state index in [4.69, 9.17) is 11.6 Å². The summed E-state index contributed by atoms with van der Waals surface area (Å²) in [4.78, 5) is 14.3. The van der Waals surface area contributed by atoms with Gasteiger partial charge in [0.15, 0.2) is 0 Å². The second-order valence-corrected chi connectivity index (χ2v) is 5.06. The van der Waals surface area contributed by atoms with E-state index in [9.17, 15) is 4.79 Å². The number of amides is 1. The molecule has 0 aliphatic carbocycles. The van der Waals surface area contributed by atoms with E-state index in [0.717, 1.165) is 30.0 Å². The molecular formula is C14H14ClN3O. The van der Waals surface area contributed by atoms with Crippen molar-refractivity contribution in [3.8, 4) is 0 Å². The van der Waals surface area contributed by atoms with E-state index in [0.29, 0.717) is 5.69 Å². The fraction of sp³-hybridized carbons (Fsp3) is 0.286. The lowest BCUT2D eigenvalue weighted by Crippen LogP contribution is -2.31. The zero-order valence-electron chi connectivity index (χ0n) is 10.3. The lowest BCUT2D eigenvalue weighted by Gasteiger charge is -2.25. The van der Waals surface area contributed by atoms with Gasteiger partial charge in [-0.15, -0.1) is 0 Å². The summed E-state index contributed by atoms with van der Waals surface area (Å²) in [6.45, 7) is 0.758. The number of hydrogen-bond acceptors (Lipinski definition) is 2. The molecule has 1 amide bonds. The predicted octanol–water partition coefficient (Wildman–Crippen LogP) is 3.04. The largest absolute Gasteiger partial charge is 0.330 e. The fourth-order valence-corrected chi connectivity index (χ4v) is 2.87. The van der Waals surface area contributed by atoms with E-state index in [2.05, 4.69) is 10.2 Å². The Balaban J connectivity index is 1.90. The van der Waals surface area contributed by atoms with Gasteiger partial charge in [-0.05, 0) is 30.5 Å². The summed E-state index contributed by atoms with van der Waals surface area (Å²) < 4.78 is 0. The first-order valence-electron chi connectivity index (χ1n) is 6.32. The van der Waals surface area contributed by atoms with Gasteiger partial charge in [-0.3, -0.25) is 9.89 Å². The van der Waals surface area contributed by atoms with Crippen LogP contribution < -0.4 is 0 Å². The van der Waals surface area contributed by atoms with Crippen molar-refractivity contribution < 1.29 is 4.79 Å². The van der Waals surface area contributed by atoms with Crippen molar-refractivity contribution in [1.82, 2.24) is 15.1 Å². The lowest BCUT2D eigenvalue weighted by atomic mass is 10.0. The highest BCUT2D eigenvalue weighted by Gasteiger charge is 2.32. The highest BCUT2D eigenvalue weighted by Crippen LogP contribution is 2.36. The van der Waals surface area contributed by atoms with E-state index >= 15 is 0 Å². The van der Waals surface area contributed by atoms with Crippen molar-refractivity contribution in [2.24, 2.45) is 0 Å². The third-order valence-electron chi connectivity index (χ3n) is 3.51. The Morgan fingerprint density at radius 2 is 2.21 bits per heavy atom. The standard InChI is InChI=1S/C14H14ClN3O/c15-11-5-2-1-4-10(11)13-6-3-9-18(13)14(19)12-7-8-16-17-12/h1-2,4-5,7-8,13H,3,6,9H2,(H,16,17). The molecule has 5 heteroatoms. The Kier molecular flexibility index (Phi) is 3.25. The minimum Gasteiger partial charge on any atom is -0.330 e. The van der Waals surface area contributed by atoms with Crippen molar-refractivity contribution in [3.63, 3.8) is 0 Å². The van der Waals surface area contributed by atoms with Gasteiger partial charge in [0.25, 0.3) is 5.91 Å². The van der Waals surface area contributed by atoms with E-state index in [-0.39, 0.29) is 11.9 Å². The summed E-state index contributed by atoms with van der Waals surface area (Å²) in [6, 6.07) is 9.48. The molecule has 1 aliphatic rings. The normalized spacial score (nSPS) is 18.8. The zero-order valence-corrected chi connectivity index (χ0v) is 11.1. The van der Waals surface area contributed by atoms with E-state index in [1.807, 2.05) is 29.2 Å². The van der Waals surface area contributed by atoms with Gasteiger partial charge >= 0.3 is 0 Å². The van der Waals surface area contributed by atoms with Crippen LogP contribution in [-0.4, -0.2) is 27.5 Å². The molecule has 1 aliphatic heterocycles. The number of hydrogen-bond donors (Lipinski definition) is 1. The average molecular weight is 276 g/mol. The maximum absolute atomic E-state index is 12.4. The molecule has 3 rings (SSSR count). The van der Waals surface area contributed by atoms with Crippen LogP contribution in [0, 0.1) is 0 Å². The SMILES string of the molecule is O=C(c1ccn[nH]1)N1CCCC1c1ccccc1Cl. The molecular weight excluding hydrogens is 262 g/mol. The van der Waals surface area contributed by atoms with Crippen LogP contribution in [0.15, 0.2) is 36.5 Å². The van der Waals surface area contributed by atoms with Gasteiger partial charge in [-0.25, -0.2) is 0 Å². The molecule has 1 unspecified atom stereocenters. The minimum atomic E-state index is -0.0140. The van der Waals surface area contributed by atoms with Gasteiger partial charge in [0.2, 0.25) is 0 Å². The lowest BCUT2D eigenvalue weighted by molar-refractivity contribution is 0.0729. The molecule has 0 spiro atoms. The van der Waals surface area contributed by atoms with Crippen LogP contribution in [0.4, 0.5) is 0 Å². The predicted molar refractivity (Wildman–Crippen MR) is 73.1 cm³/mol. The molecule has 19 heavy (non-hydrogen) atoms. The monoisotopic (exact) mass is 275 g/mol. The van der Waals surface area contributed by atoms with Gasteiger partial charge in [0.1, 0.15) is 5.69 Å². The number of nitrogens with zero attached hydrogens (tertiary/aromatic N) is 2. The van der Waals surface area contributed by atoms with Crippen molar-refractivity contribution >= 4 is 17.5 Å². The number of rotatable bonds is 2. The van der Waals surface area contributed by atoms with Gasteiger partial charge in [0.05, 0.1) is 6.04 Å². The fourth-order valence-electron chi connectivity index (χ4n) is 2.61. The van der Waals surface area contributed by atoms with Crippen molar-refractivity contribution in [2.75, 3.05) is 6.54 Å². The Hall–Kier alpha value is -1.81. The van der Waals surface area contributed by atoms with Crippen LogP contribution in [0.25, 0.3) is 0 Å². The number of halogens is 1. The molecule has 98 valence electrons. The van der Waals surface area contributed by atoms with Crippen molar-refractivity contribution in [3.05, 3.63) is 52.8 Å². The Labute approximate surface area is 116 Å². The molecule has 4 nitrogen and oxygen atoms in total.